The van der Waals surface area contributed by atoms with Crippen molar-refractivity contribution in [1.29, 1.82) is 0 Å². The summed E-state index contributed by atoms with van der Waals surface area (Å²) >= 11 is 6.17. The molecule has 27 heavy (non-hydrogen) atoms. The lowest BCUT2D eigenvalue weighted by Crippen LogP contribution is -2.15. The van der Waals surface area contributed by atoms with Crippen molar-refractivity contribution in [1.82, 2.24) is 9.38 Å². The molecule has 1 N–H and O–H groups in total. The Balaban J connectivity index is 1.64. The fraction of sp³-hybridized carbons (Fsp3) is 0.0909. The van der Waals surface area contributed by atoms with E-state index in [-0.39, 0.29) is 12.3 Å². The Kier molecular flexibility index (Phi) is 4.65. The van der Waals surface area contributed by atoms with Crippen molar-refractivity contribution in [3.05, 3.63) is 89.2 Å². The van der Waals surface area contributed by atoms with Crippen LogP contribution in [0.15, 0.2) is 73.1 Å². The molecule has 5 heteroatoms. The lowest BCUT2D eigenvalue weighted by Gasteiger charge is -2.10. The normalized spacial score (nSPS) is 10.9. The first kappa shape index (κ1) is 17.3. The molecule has 4 aromatic rings. The largest absolute Gasteiger partial charge is 0.325 e. The highest BCUT2D eigenvalue weighted by atomic mass is 35.5. The second-order valence-electron chi connectivity index (χ2n) is 6.41. The molecule has 0 radical (unpaired) electrons. The molecule has 0 saturated heterocycles. The monoisotopic (exact) mass is 375 g/mol. The van der Waals surface area contributed by atoms with Gasteiger partial charge in [-0.05, 0) is 36.2 Å². The van der Waals surface area contributed by atoms with E-state index in [2.05, 4.69) is 5.32 Å². The maximum absolute atomic E-state index is 12.5. The Bertz CT molecular complexity index is 1130. The van der Waals surface area contributed by atoms with Crippen molar-refractivity contribution in [3.63, 3.8) is 0 Å². The van der Waals surface area contributed by atoms with Gasteiger partial charge < -0.3 is 9.72 Å². The summed E-state index contributed by atoms with van der Waals surface area (Å²) in [5, 5.41) is 3.59. The van der Waals surface area contributed by atoms with E-state index in [1.54, 1.807) is 6.07 Å². The van der Waals surface area contributed by atoms with Crippen molar-refractivity contribution >= 4 is 28.8 Å². The number of nitrogens with one attached hydrogen (secondary N) is 1. The van der Waals surface area contributed by atoms with Crippen LogP contribution in [0.3, 0.4) is 0 Å². The number of benzene rings is 2. The number of fused-ring (bicyclic) bond motifs is 1. The maximum Gasteiger partial charge on any atom is 0.228 e. The molecule has 4 rings (SSSR count). The van der Waals surface area contributed by atoms with Crippen LogP contribution in [0.1, 0.15) is 11.1 Å². The van der Waals surface area contributed by atoms with Crippen molar-refractivity contribution in [2.24, 2.45) is 0 Å². The summed E-state index contributed by atoms with van der Waals surface area (Å²) in [7, 11) is 0. The average Bonchev–Trinajstić information content (AvgIpc) is 3.10. The number of hydrogen-bond acceptors (Lipinski definition) is 2. The van der Waals surface area contributed by atoms with Gasteiger partial charge in [0.15, 0.2) is 0 Å². The highest BCUT2D eigenvalue weighted by Crippen LogP contribution is 2.28. The highest BCUT2D eigenvalue weighted by Gasteiger charge is 2.13. The lowest BCUT2D eigenvalue weighted by atomic mass is 10.1. The summed E-state index contributed by atoms with van der Waals surface area (Å²) in [6.07, 6.45) is 4.16. The van der Waals surface area contributed by atoms with Crippen molar-refractivity contribution in [3.8, 4) is 11.3 Å². The molecule has 1 amide bonds. The smallest absolute Gasteiger partial charge is 0.228 e. The van der Waals surface area contributed by atoms with Gasteiger partial charge in [0.05, 0.1) is 17.8 Å². The second kappa shape index (κ2) is 7.25. The Labute approximate surface area is 162 Å². The van der Waals surface area contributed by atoms with Gasteiger partial charge in [-0.3, -0.25) is 4.79 Å². The second-order valence-corrected chi connectivity index (χ2v) is 6.82. The zero-order chi connectivity index (χ0) is 18.8. The van der Waals surface area contributed by atoms with Crippen molar-refractivity contribution < 1.29 is 4.79 Å². The molecule has 0 atom stereocenters. The standard InChI is InChI=1S/C22H18ClN3O/c1-15-7-6-12-26-14-20(25-22(15)26)17-9-3-5-11-19(17)24-21(27)13-16-8-2-4-10-18(16)23/h2-12,14H,13H2,1H3,(H,24,27). The maximum atomic E-state index is 12.5. The fourth-order valence-corrected chi connectivity index (χ4v) is 3.31. The Morgan fingerprint density at radius 1 is 1.07 bits per heavy atom. The summed E-state index contributed by atoms with van der Waals surface area (Å²) in [4.78, 5) is 17.3. The average molecular weight is 376 g/mol. The van der Waals surface area contributed by atoms with E-state index in [9.17, 15) is 4.79 Å². The van der Waals surface area contributed by atoms with Gasteiger partial charge in [0.25, 0.3) is 0 Å². The molecule has 4 nitrogen and oxygen atoms in total. The number of aryl methyl sites for hydroxylation is 1. The molecule has 0 bridgehead atoms. The summed E-state index contributed by atoms with van der Waals surface area (Å²) in [5.41, 5.74) is 5.24. The number of rotatable bonds is 4. The van der Waals surface area contributed by atoms with Gasteiger partial charge in [-0.15, -0.1) is 0 Å². The summed E-state index contributed by atoms with van der Waals surface area (Å²) in [6.45, 7) is 2.03. The summed E-state index contributed by atoms with van der Waals surface area (Å²) in [5.74, 6) is -0.115. The Morgan fingerprint density at radius 2 is 1.85 bits per heavy atom. The number of halogens is 1. The molecular weight excluding hydrogens is 358 g/mol. The molecule has 0 aliphatic heterocycles. The number of carbonyl (C=O) groups is 1. The number of para-hydroxylation sites is 1. The number of carbonyl (C=O) groups excluding carboxylic acids is 1. The van der Waals surface area contributed by atoms with Crippen LogP contribution in [0, 0.1) is 6.92 Å². The number of pyridine rings is 1. The first-order valence-electron chi connectivity index (χ1n) is 8.69. The van der Waals surface area contributed by atoms with Crippen LogP contribution in [-0.4, -0.2) is 15.3 Å². The van der Waals surface area contributed by atoms with Crippen molar-refractivity contribution in [2.75, 3.05) is 5.32 Å². The highest BCUT2D eigenvalue weighted by molar-refractivity contribution is 6.31. The van der Waals surface area contributed by atoms with Gasteiger partial charge >= 0.3 is 0 Å². The third-order valence-electron chi connectivity index (χ3n) is 4.46. The van der Waals surface area contributed by atoms with Crippen LogP contribution in [-0.2, 0) is 11.2 Å². The van der Waals surface area contributed by atoms with Gasteiger partial charge in [0.1, 0.15) is 5.65 Å². The molecule has 0 aliphatic rings. The minimum Gasteiger partial charge on any atom is -0.325 e. The molecule has 2 aromatic carbocycles. The van der Waals surface area contributed by atoms with Gasteiger partial charge in [-0.2, -0.15) is 0 Å². The number of nitrogens with zero attached hydrogens (tertiary/aromatic N) is 2. The van der Waals surface area contributed by atoms with Crippen LogP contribution in [0.2, 0.25) is 5.02 Å². The SMILES string of the molecule is Cc1cccn2cc(-c3ccccc3NC(=O)Cc3ccccc3Cl)nc12. The quantitative estimate of drug-likeness (QED) is 0.536. The van der Waals surface area contributed by atoms with E-state index in [0.29, 0.717) is 5.02 Å². The Hall–Kier alpha value is -3.11. The molecule has 2 aromatic heterocycles. The van der Waals surface area contributed by atoms with E-state index in [1.165, 1.54) is 0 Å². The van der Waals surface area contributed by atoms with Crippen LogP contribution in [0.4, 0.5) is 5.69 Å². The first-order valence-corrected chi connectivity index (χ1v) is 9.06. The van der Waals surface area contributed by atoms with E-state index < -0.39 is 0 Å². The Morgan fingerprint density at radius 3 is 2.67 bits per heavy atom. The van der Waals surface area contributed by atoms with E-state index in [0.717, 1.165) is 33.7 Å². The molecule has 0 saturated carbocycles. The van der Waals surface area contributed by atoms with Crippen LogP contribution in [0.5, 0.6) is 0 Å². The number of hydrogen-bond donors (Lipinski definition) is 1. The third-order valence-corrected chi connectivity index (χ3v) is 4.83. The first-order chi connectivity index (χ1) is 13.1. The predicted molar refractivity (Wildman–Crippen MR) is 109 cm³/mol. The minimum atomic E-state index is -0.115. The number of imidazole rings is 1. The van der Waals surface area contributed by atoms with Gasteiger partial charge in [0, 0.05) is 23.0 Å². The molecular formula is C22H18ClN3O. The molecule has 0 aliphatic carbocycles. The summed E-state index contributed by atoms with van der Waals surface area (Å²) < 4.78 is 1.99. The van der Waals surface area contributed by atoms with Crippen LogP contribution >= 0.6 is 11.6 Å². The fourth-order valence-electron chi connectivity index (χ4n) is 3.11. The number of aromatic nitrogens is 2. The zero-order valence-corrected chi connectivity index (χ0v) is 15.6. The van der Waals surface area contributed by atoms with Gasteiger partial charge in [-0.25, -0.2) is 4.98 Å². The van der Waals surface area contributed by atoms with Crippen molar-refractivity contribution in [2.45, 2.75) is 13.3 Å². The minimum absolute atomic E-state index is 0.115. The van der Waals surface area contributed by atoms with E-state index in [1.807, 2.05) is 78.3 Å². The van der Waals surface area contributed by atoms with E-state index >= 15 is 0 Å². The van der Waals surface area contributed by atoms with Crippen LogP contribution < -0.4 is 5.32 Å². The molecule has 0 spiro atoms. The molecule has 0 fully saturated rings. The van der Waals surface area contributed by atoms with E-state index in [4.69, 9.17) is 16.6 Å². The van der Waals surface area contributed by atoms with Gasteiger partial charge in [0.2, 0.25) is 5.91 Å². The molecule has 134 valence electrons. The number of amides is 1. The zero-order valence-electron chi connectivity index (χ0n) is 14.8. The summed E-state index contributed by atoms with van der Waals surface area (Å²) in [6, 6.07) is 19.1. The number of anilines is 1. The predicted octanol–water partition coefficient (Wildman–Crippen LogP) is 5.14. The van der Waals surface area contributed by atoms with Crippen LogP contribution in [0.25, 0.3) is 16.9 Å². The molecule has 2 heterocycles. The topological polar surface area (TPSA) is 46.4 Å². The van der Waals surface area contributed by atoms with Gasteiger partial charge in [-0.1, -0.05) is 54.1 Å². The lowest BCUT2D eigenvalue weighted by molar-refractivity contribution is -0.115. The third kappa shape index (κ3) is 3.57. The molecule has 0 unspecified atom stereocenters.